The molecule has 2 aliphatic rings. The van der Waals surface area contributed by atoms with E-state index in [2.05, 4.69) is 10.1 Å². The number of hydrogen-bond donors (Lipinski definition) is 0. The van der Waals surface area contributed by atoms with Crippen molar-refractivity contribution >= 4 is 45.7 Å². The van der Waals surface area contributed by atoms with Gasteiger partial charge in [0.2, 0.25) is 5.91 Å². The van der Waals surface area contributed by atoms with E-state index in [0.29, 0.717) is 47.3 Å². The van der Waals surface area contributed by atoms with Crippen molar-refractivity contribution in [2.24, 2.45) is 4.99 Å². The number of fused-ring (bicyclic) bond motifs is 1. The fourth-order valence-corrected chi connectivity index (χ4v) is 5.44. The molecule has 1 saturated heterocycles. The Hall–Kier alpha value is -3.60. The lowest BCUT2D eigenvalue weighted by Crippen LogP contribution is -2.49. The summed E-state index contributed by atoms with van der Waals surface area (Å²) in [5.41, 5.74) is 1.50. The van der Waals surface area contributed by atoms with Gasteiger partial charge in [0.1, 0.15) is 0 Å². The number of rotatable bonds is 3. The summed E-state index contributed by atoms with van der Waals surface area (Å²) in [6.45, 7) is 5.59. The molecule has 3 aromatic rings. The summed E-state index contributed by atoms with van der Waals surface area (Å²) < 4.78 is 42.2. The number of halogens is 3. The SMILES string of the molecule is CC(=O)N1CCN(C2=NC(=O)/C(=C/c3ccc4c(cnn4Cc4ccc(C)cc4C(F)(F)F)c3)S2)CC1. The van der Waals surface area contributed by atoms with Gasteiger partial charge in [0.15, 0.2) is 5.17 Å². The maximum atomic E-state index is 13.6. The molecule has 192 valence electrons. The van der Waals surface area contributed by atoms with Crippen molar-refractivity contribution in [2.45, 2.75) is 26.6 Å². The van der Waals surface area contributed by atoms with Crippen molar-refractivity contribution in [3.05, 3.63) is 69.8 Å². The Labute approximate surface area is 215 Å². The van der Waals surface area contributed by atoms with Crippen LogP contribution in [0.3, 0.4) is 0 Å². The molecule has 3 heterocycles. The molecular formula is C26H24F3N5O2S. The van der Waals surface area contributed by atoms with Gasteiger partial charge in [0.25, 0.3) is 5.91 Å². The first-order valence-electron chi connectivity index (χ1n) is 11.7. The van der Waals surface area contributed by atoms with E-state index in [-0.39, 0.29) is 23.9 Å². The third kappa shape index (κ3) is 5.27. The Kier molecular flexibility index (Phi) is 6.57. The van der Waals surface area contributed by atoms with Crippen molar-refractivity contribution in [3.63, 3.8) is 0 Å². The lowest BCUT2D eigenvalue weighted by Gasteiger charge is -2.34. The molecule has 0 unspecified atom stereocenters. The van der Waals surface area contributed by atoms with Gasteiger partial charge in [-0.3, -0.25) is 14.3 Å². The van der Waals surface area contributed by atoms with Gasteiger partial charge in [0, 0.05) is 38.5 Å². The highest BCUT2D eigenvalue weighted by atomic mass is 32.2. The highest BCUT2D eigenvalue weighted by Crippen LogP contribution is 2.34. The topological polar surface area (TPSA) is 70.8 Å². The highest BCUT2D eigenvalue weighted by Gasteiger charge is 2.33. The van der Waals surface area contributed by atoms with E-state index in [0.717, 1.165) is 17.0 Å². The molecule has 0 bridgehead atoms. The van der Waals surface area contributed by atoms with Crippen LogP contribution in [0.15, 0.2) is 52.5 Å². The summed E-state index contributed by atoms with van der Waals surface area (Å²) in [5.74, 6) is -0.278. The molecule has 0 spiro atoms. The first-order chi connectivity index (χ1) is 17.6. The van der Waals surface area contributed by atoms with Crippen LogP contribution in [0.4, 0.5) is 13.2 Å². The summed E-state index contributed by atoms with van der Waals surface area (Å²) in [5, 5.41) is 5.70. The molecule has 5 rings (SSSR count). The number of aryl methyl sites for hydroxylation is 1. The number of aliphatic imine (C=N–C) groups is 1. The number of aromatic nitrogens is 2. The highest BCUT2D eigenvalue weighted by molar-refractivity contribution is 8.18. The van der Waals surface area contributed by atoms with Crippen LogP contribution in [0.25, 0.3) is 17.0 Å². The number of piperazine rings is 1. The molecule has 2 amide bonds. The average molecular weight is 528 g/mol. The van der Waals surface area contributed by atoms with E-state index in [1.54, 1.807) is 47.8 Å². The number of amides is 2. The number of hydrogen-bond acceptors (Lipinski definition) is 5. The minimum absolute atomic E-state index is 0.0124. The molecule has 0 radical (unpaired) electrons. The molecule has 0 atom stereocenters. The van der Waals surface area contributed by atoms with E-state index in [1.807, 2.05) is 17.0 Å². The smallest absolute Gasteiger partial charge is 0.347 e. The monoisotopic (exact) mass is 527 g/mol. The summed E-state index contributed by atoms with van der Waals surface area (Å²) in [6, 6.07) is 9.76. The van der Waals surface area contributed by atoms with E-state index in [1.165, 1.54) is 17.8 Å². The van der Waals surface area contributed by atoms with Crippen molar-refractivity contribution in [1.82, 2.24) is 19.6 Å². The Morgan fingerprint density at radius 1 is 1.11 bits per heavy atom. The number of amidine groups is 1. The Morgan fingerprint density at radius 3 is 2.57 bits per heavy atom. The molecule has 1 fully saturated rings. The number of nitrogens with zero attached hydrogens (tertiary/aromatic N) is 5. The van der Waals surface area contributed by atoms with E-state index in [4.69, 9.17) is 0 Å². The predicted octanol–water partition coefficient (Wildman–Crippen LogP) is 4.55. The Morgan fingerprint density at radius 2 is 1.86 bits per heavy atom. The summed E-state index contributed by atoms with van der Waals surface area (Å²) in [7, 11) is 0. The van der Waals surface area contributed by atoms with Crippen LogP contribution < -0.4 is 0 Å². The van der Waals surface area contributed by atoms with E-state index in [9.17, 15) is 22.8 Å². The van der Waals surface area contributed by atoms with Crippen LogP contribution in [-0.2, 0) is 22.3 Å². The summed E-state index contributed by atoms with van der Waals surface area (Å²) >= 11 is 1.30. The summed E-state index contributed by atoms with van der Waals surface area (Å²) in [6.07, 6.45) is -1.08. The summed E-state index contributed by atoms with van der Waals surface area (Å²) in [4.78, 5) is 32.5. The van der Waals surface area contributed by atoms with Crippen LogP contribution in [0.5, 0.6) is 0 Å². The van der Waals surface area contributed by atoms with Crippen molar-refractivity contribution < 1.29 is 22.8 Å². The minimum Gasteiger partial charge on any atom is -0.347 e. The molecule has 0 N–H and O–H groups in total. The van der Waals surface area contributed by atoms with E-state index >= 15 is 0 Å². The lowest BCUT2D eigenvalue weighted by molar-refractivity contribution is -0.138. The third-order valence-corrected chi connectivity index (χ3v) is 7.50. The number of carbonyl (C=O) groups is 2. The maximum Gasteiger partial charge on any atom is 0.416 e. The van der Waals surface area contributed by atoms with Gasteiger partial charge in [-0.15, -0.1) is 0 Å². The zero-order valence-corrected chi connectivity index (χ0v) is 21.1. The molecular weight excluding hydrogens is 503 g/mol. The standard InChI is InChI=1S/C26H24F3N5O2S/c1-16-3-5-19(21(11-16)26(27,28)29)15-34-22-6-4-18(12-20(22)14-30-34)13-23-24(36)31-25(37-23)33-9-7-32(8-10-33)17(2)35/h3-6,11-14H,7-10,15H2,1-2H3/b23-13-. The van der Waals surface area contributed by atoms with Gasteiger partial charge in [0.05, 0.1) is 28.7 Å². The molecule has 0 aliphatic carbocycles. The number of benzene rings is 2. The lowest BCUT2D eigenvalue weighted by atomic mass is 10.0. The second kappa shape index (κ2) is 9.70. The van der Waals surface area contributed by atoms with Crippen molar-refractivity contribution in [2.75, 3.05) is 26.2 Å². The number of carbonyl (C=O) groups excluding carboxylic acids is 2. The molecule has 1 aromatic heterocycles. The van der Waals surface area contributed by atoms with Gasteiger partial charge in [-0.25, -0.2) is 0 Å². The van der Waals surface area contributed by atoms with E-state index < -0.39 is 11.7 Å². The molecule has 2 aliphatic heterocycles. The minimum atomic E-state index is -4.45. The molecule has 7 nitrogen and oxygen atoms in total. The van der Waals surface area contributed by atoms with Crippen molar-refractivity contribution in [3.8, 4) is 0 Å². The maximum absolute atomic E-state index is 13.6. The molecule has 2 aromatic carbocycles. The third-order valence-electron chi connectivity index (χ3n) is 6.46. The Bertz CT molecular complexity index is 1450. The van der Waals surface area contributed by atoms with Crippen molar-refractivity contribution in [1.29, 1.82) is 0 Å². The zero-order valence-electron chi connectivity index (χ0n) is 20.2. The van der Waals surface area contributed by atoms with Crippen LogP contribution in [0.1, 0.15) is 29.2 Å². The largest absolute Gasteiger partial charge is 0.416 e. The molecule has 11 heteroatoms. The molecule has 37 heavy (non-hydrogen) atoms. The predicted molar refractivity (Wildman–Crippen MR) is 137 cm³/mol. The Balaban J connectivity index is 1.32. The van der Waals surface area contributed by atoms with Gasteiger partial charge in [-0.1, -0.05) is 23.8 Å². The van der Waals surface area contributed by atoms with Crippen LogP contribution in [-0.4, -0.2) is 62.7 Å². The normalized spacial score (nSPS) is 17.7. The van der Waals surface area contributed by atoms with Crippen LogP contribution in [0.2, 0.25) is 0 Å². The zero-order chi connectivity index (χ0) is 26.3. The van der Waals surface area contributed by atoms with Gasteiger partial charge in [-0.05, 0) is 54.1 Å². The second-order valence-corrected chi connectivity index (χ2v) is 10.1. The fourth-order valence-electron chi connectivity index (χ4n) is 4.47. The fraction of sp³-hybridized carbons (Fsp3) is 0.308. The first-order valence-corrected chi connectivity index (χ1v) is 12.6. The quantitative estimate of drug-likeness (QED) is 0.468. The van der Waals surface area contributed by atoms with Gasteiger partial charge < -0.3 is 9.80 Å². The first kappa shape index (κ1) is 25.1. The second-order valence-electron chi connectivity index (χ2n) is 9.08. The number of thioether (sulfide) groups is 1. The van der Waals surface area contributed by atoms with Gasteiger partial charge in [-0.2, -0.15) is 23.3 Å². The number of alkyl halides is 3. The average Bonchev–Trinajstić information content (AvgIpc) is 3.42. The molecule has 0 saturated carbocycles. The van der Waals surface area contributed by atoms with Gasteiger partial charge >= 0.3 is 6.18 Å². The van der Waals surface area contributed by atoms with Crippen LogP contribution in [0, 0.1) is 6.92 Å². The van der Waals surface area contributed by atoms with Crippen LogP contribution >= 0.6 is 11.8 Å².